The van der Waals surface area contributed by atoms with Gasteiger partial charge in [0.25, 0.3) is 0 Å². The van der Waals surface area contributed by atoms with Gasteiger partial charge in [-0.15, -0.1) is 0 Å². The Labute approximate surface area is 124 Å². The number of rotatable bonds is 5. The van der Waals surface area contributed by atoms with Crippen molar-refractivity contribution in [2.24, 2.45) is 11.7 Å². The second-order valence-electron chi connectivity index (χ2n) is 5.11. The van der Waals surface area contributed by atoms with Gasteiger partial charge in [-0.25, -0.2) is 0 Å². The Hall–Kier alpha value is -1.92. The summed E-state index contributed by atoms with van der Waals surface area (Å²) in [5, 5.41) is 5.28. The van der Waals surface area contributed by atoms with Crippen LogP contribution in [0.25, 0.3) is 0 Å². The summed E-state index contributed by atoms with van der Waals surface area (Å²) in [5.74, 6) is -0.435. The highest BCUT2D eigenvalue weighted by Gasteiger charge is 2.26. The molecule has 21 heavy (non-hydrogen) atoms. The van der Waals surface area contributed by atoms with Gasteiger partial charge in [0.1, 0.15) is 0 Å². The van der Waals surface area contributed by atoms with Gasteiger partial charge in [0.2, 0.25) is 11.8 Å². The van der Waals surface area contributed by atoms with Crippen molar-refractivity contribution in [2.75, 3.05) is 25.1 Å². The molecule has 1 aliphatic rings. The Morgan fingerprint density at radius 2 is 1.90 bits per heavy atom. The van der Waals surface area contributed by atoms with Gasteiger partial charge in [-0.2, -0.15) is 0 Å². The smallest absolute Gasteiger partial charge is 0.243 e. The van der Waals surface area contributed by atoms with Crippen molar-refractivity contribution in [3.63, 3.8) is 0 Å². The number of anilines is 1. The third-order valence-electron chi connectivity index (χ3n) is 3.56. The number of carbonyl (C=O) groups is 2. The van der Waals surface area contributed by atoms with E-state index in [-0.39, 0.29) is 24.3 Å². The van der Waals surface area contributed by atoms with Crippen LogP contribution in [0.15, 0.2) is 30.3 Å². The van der Waals surface area contributed by atoms with Gasteiger partial charge in [-0.1, -0.05) is 18.2 Å². The Balaban J connectivity index is 1.74. The summed E-state index contributed by atoms with van der Waals surface area (Å²) in [6.07, 6.45) is 1.57. The van der Waals surface area contributed by atoms with Gasteiger partial charge in [0, 0.05) is 18.9 Å². The fourth-order valence-electron chi connectivity index (χ4n) is 2.30. The van der Waals surface area contributed by atoms with Crippen LogP contribution in [-0.2, 0) is 14.3 Å². The van der Waals surface area contributed by atoms with Crippen LogP contribution in [0.4, 0.5) is 5.69 Å². The molecule has 1 aromatic rings. The maximum Gasteiger partial charge on any atom is 0.243 e. The SMILES string of the molecule is NC(C(=O)NCC(=O)Nc1ccccc1)C1CCOCC1. The summed E-state index contributed by atoms with van der Waals surface area (Å²) in [4.78, 5) is 23.7. The quantitative estimate of drug-likeness (QED) is 0.736. The van der Waals surface area contributed by atoms with E-state index in [0.29, 0.717) is 18.9 Å². The molecular weight excluding hydrogens is 270 g/mol. The molecule has 4 N–H and O–H groups in total. The summed E-state index contributed by atoms with van der Waals surface area (Å²) in [7, 11) is 0. The van der Waals surface area contributed by atoms with E-state index >= 15 is 0 Å². The molecule has 114 valence electrons. The minimum Gasteiger partial charge on any atom is -0.381 e. The highest BCUT2D eigenvalue weighted by Crippen LogP contribution is 2.17. The topological polar surface area (TPSA) is 93.5 Å². The number of hydrogen-bond donors (Lipinski definition) is 3. The zero-order valence-electron chi connectivity index (χ0n) is 11.9. The molecule has 0 spiro atoms. The van der Waals surface area contributed by atoms with Crippen LogP contribution >= 0.6 is 0 Å². The first-order chi connectivity index (χ1) is 10.2. The van der Waals surface area contributed by atoms with Gasteiger partial charge in [-0.05, 0) is 30.9 Å². The molecule has 1 aliphatic heterocycles. The summed E-state index contributed by atoms with van der Waals surface area (Å²) < 4.78 is 5.24. The number of benzene rings is 1. The van der Waals surface area contributed by atoms with Crippen LogP contribution in [0.2, 0.25) is 0 Å². The average Bonchev–Trinajstić information content (AvgIpc) is 2.53. The number of nitrogens with two attached hydrogens (primary N) is 1. The maximum absolute atomic E-state index is 11.9. The van der Waals surface area contributed by atoms with Crippen molar-refractivity contribution in [1.29, 1.82) is 0 Å². The second kappa shape index (κ2) is 7.75. The first kappa shape index (κ1) is 15.5. The molecule has 2 amide bonds. The molecule has 0 bridgehead atoms. The minimum absolute atomic E-state index is 0.0787. The minimum atomic E-state index is -0.585. The molecule has 0 aromatic heterocycles. The third kappa shape index (κ3) is 4.84. The molecule has 6 nitrogen and oxygen atoms in total. The van der Waals surface area contributed by atoms with E-state index in [0.717, 1.165) is 12.8 Å². The number of para-hydroxylation sites is 1. The lowest BCUT2D eigenvalue weighted by atomic mass is 9.92. The van der Waals surface area contributed by atoms with Crippen LogP contribution in [-0.4, -0.2) is 37.6 Å². The van der Waals surface area contributed by atoms with E-state index in [1.165, 1.54) is 0 Å². The van der Waals surface area contributed by atoms with Crippen molar-refractivity contribution in [3.8, 4) is 0 Å². The summed E-state index contributed by atoms with van der Waals surface area (Å²) in [5.41, 5.74) is 6.63. The predicted octanol–water partition coefficient (Wildman–Crippen LogP) is 0.495. The van der Waals surface area contributed by atoms with Crippen LogP contribution < -0.4 is 16.4 Å². The van der Waals surface area contributed by atoms with Gasteiger partial charge in [0.05, 0.1) is 12.6 Å². The molecule has 1 atom stereocenters. The molecule has 6 heteroatoms. The standard InChI is InChI=1S/C15H21N3O3/c16-14(11-6-8-21-9-7-11)15(20)17-10-13(19)18-12-4-2-1-3-5-12/h1-5,11,14H,6-10,16H2,(H,17,20)(H,18,19). The van der Waals surface area contributed by atoms with E-state index in [9.17, 15) is 9.59 Å². The first-order valence-electron chi connectivity index (χ1n) is 7.13. The highest BCUT2D eigenvalue weighted by molar-refractivity contribution is 5.95. The van der Waals surface area contributed by atoms with Gasteiger partial charge >= 0.3 is 0 Å². The van der Waals surface area contributed by atoms with Crippen molar-refractivity contribution < 1.29 is 14.3 Å². The molecule has 1 unspecified atom stereocenters. The summed E-state index contributed by atoms with van der Waals surface area (Å²) >= 11 is 0. The molecule has 1 aromatic carbocycles. The largest absolute Gasteiger partial charge is 0.381 e. The Morgan fingerprint density at radius 1 is 1.24 bits per heavy atom. The lowest BCUT2D eigenvalue weighted by Gasteiger charge is -2.26. The molecule has 1 heterocycles. The van der Waals surface area contributed by atoms with Gasteiger partial charge in [0.15, 0.2) is 0 Å². The molecule has 2 rings (SSSR count). The Morgan fingerprint density at radius 3 is 2.57 bits per heavy atom. The number of carbonyl (C=O) groups excluding carboxylic acids is 2. The number of ether oxygens (including phenoxy) is 1. The predicted molar refractivity (Wildman–Crippen MR) is 79.6 cm³/mol. The fourth-order valence-corrected chi connectivity index (χ4v) is 2.30. The average molecular weight is 291 g/mol. The molecule has 0 saturated carbocycles. The van der Waals surface area contributed by atoms with E-state index in [1.807, 2.05) is 18.2 Å². The van der Waals surface area contributed by atoms with Crippen molar-refractivity contribution >= 4 is 17.5 Å². The normalized spacial score (nSPS) is 17.0. The van der Waals surface area contributed by atoms with Crippen molar-refractivity contribution in [1.82, 2.24) is 5.32 Å². The lowest BCUT2D eigenvalue weighted by molar-refractivity contribution is -0.126. The number of amides is 2. The van der Waals surface area contributed by atoms with Crippen LogP contribution in [0.3, 0.4) is 0 Å². The van der Waals surface area contributed by atoms with E-state index < -0.39 is 6.04 Å². The molecule has 1 fully saturated rings. The van der Waals surface area contributed by atoms with Crippen LogP contribution in [0.1, 0.15) is 12.8 Å². The van der Waals surface area contributed by atoms with Gasteiger partial charge < -0.3 is 21.1 Å². The molecule has 1 saturated heterocycles. The first-order valence-corrected chi connectivity index (χ1v) is 7.13. The second-order valence-corrected chi connectivity index (χ2v) is 5.11. The Kier molecular flexibility index (Phi) is 5.71. The van der Waals surface area contributed by atoms with Crippen LogP contribution in [0.5, 0.6) is 0 Å². The number of hydrogen-bond acceptors (Lipinski definition) is 4. The zero-order chi connectivity index (χ0) is 15.1. The van der Waals surface area contributed by atoms with Gasteiger partial charge in [-0.3, -0.25) is 9.59 Å². The molecular formula is C15H21N3O3. The molecule has 0 aliphatic carbocycles. The maximum atomic E-state index is 11.9. The van der Waals surface area contributed by atoms with Crippen LogP contribution in [0, 0.1) is 5.92 Å². The summed E-state index contributed by atoms with van der Waals surface area (Å²) in [6.45, 7) is 1.20. The van der Waals surface area contributed by atoms with E-state index in [4.69, 9.17) is 10.5 Å². The number of nitrogens with one attached hydrogen (secondary N) is 2. The fraction of sp³-hybridized carbons (Fsp3) is 0.467. The highest BCUT2D eigenvalue weighted by atomic mass is 16.5. The summed E-state index contributed by atoms with van der Waals surface area (Å²) in [6, 6.07) is 8.51. The molecule has 0 radical (unpaired) electrons. The van der Waals surface area contributed by atoms with Crippen molar-refractivity contribution in [2.45, 2.75) is 18.9 Å². The monoisotopic (exact) mass is 291 g/mol. The third-order valence-corrected chi connectivity index (χ3v) is 3.56. The van der Waals surface area contributed by atoms with E-state index in [2.05, 4.69) is 10.6 Å². The lowest BCUT2D eigenvalue weighted by Crippen LogP contribution is -2.48. The van der Waals surface area contributed by atoms with Crippen molar-refractivity contribution in [3.05, 3.63) is 30.3 Å². The Bertz CT molecular complexity index is 472. The van der Waals surface area contributed by atoms with E-state index in [1.54, 1.807) is 12.1 Å². The zero-order valence-corrected chi connectivity index (χ0v) is 11.9.